The van der Waals surface area contributed by atoms with Crippen LogP contribution in [0.1, 0.15) is 17.9 Å². The Balaban J connectivity index is 1.03. The smallest absolute Gasteiger partial charge is 0.0540 e. The van der Waals surface area contributed by atoms with Crippen LogP contribution in [-0.4, -0.2) is 0 Å². The first-order chi connectivity index (χ1) is 29.8. The van der Waals surface area contributed by atoms with Gasteiger partial charge < -0.3 is 9.80 Å². The molecule has 60 heavy (non-hydrogen) atoms. The molecule has 0 fully saturated rings. The number of benzene rings is 9. The third kappa shape index (κ3) is 7.32. The lowest BCUT2D eigenvalue weighted by molar-refractivity contribution is 0.840. The third-order valence-corrected chi connectivity index (χ3v) is 11.6. The molecule has 0 radical (unpaired) electrons. The van der Waals surface area contributed by atoms with Gasteiger partial charge in [0.1, 0.15) is 0 Å². The van der Waals surface area contributed by atoms with Crippen molar-refractivity contribution in [2.45, 2.75) is 12.3 Å². The maximum absolute atomic E-state index is 2.42. The van der Waals surface area contributed by atoms with E-state index in [0.717, 1.165) is 51.5 Å². The van der Waals surface area contributed by atoms with Crippen LogP contribution >= 0.6 is 0 Å². The minimum atomic E-state index is 0.364. The van der Waals surface area contributed by atoms with Crippen LogP contribution in [0.3, 0.4) is 0 Å². The van der Waals surface area contributed by atoms with Crippen LogP contribution in [0, 0.1) is 0 Å². The van der Waals surface area contributed by atoms with E-state index in [4.69, 9.17) is 0 Å². The van der Waals surface area contributed by atoms with Crippen LogP contribution in [0.5, 0.6) is 0 Å². The minimum absolute atomic E-state index is 0.364. The number of para-hydroxylation sites is 3. The Morgan fingerprint density at radius 1 is 0.350 bits per heavy atom. The van der Waals surface area contributed by atoms with Gasteiger partial charge in [0.15, 0.2) is 0 Å². The number of hydrogen-bond acceptors (Lipinski definition) is 2. The van der Waals surface area contributed by atoms with Crippen LogP contribution < -0.4 is 9.80 Å². The summed E-state index contributed by atoms with van der Waals surface area (Å²) in [6.45, 7) is 0. The van der Waals surface area contributed by atoms with Gasteiger partial charge in [-0.2, -0.15) is 0 Å². The monoisotopic (exact) mass is 768 g/mol. The van der Waals surface area contributed by atoms with Gasteiger partial charge in [0.25, 0.3) is 0 Å². The van der Waals surface area contributed by atoms with Crippen molar-refractivity contribution in [3.05, 3.63) is 260 Å². The highest BCUT2D eigenvalue weighted by Crippen LogP contribution is 2.45. The van der Waals surface area contributed by atoms with E-state index < -0.39 is 0 Å². The molecule has 1 aliphatic rings. The van der Waals surface area contributed by atoms with E-state index in [1.807, 2.05) is 0 Å². The molecule has 0 N–H and O–H groups in total. The van der Waals surface area contributed by atoms with E-state index >= 15 is 0 Å². The molecule has 0 heterocycles. The second kappa shape index (κ2) is 16.7. The summed E-state index contributed by atoms with van der Waals surface area (Å²) >= 11 is 0. The van der Waals surface area contributed by atoms with Crippen LogP contribution in [-0.2, 0) is 0 Å². The van der Waals surface area contributed by atoms with Crippen molar-refractivity contribution in [1.29, 1.82) is 0 Å². The van der Waals surface area contributed by atoms with Crippen LogP contribution in [0.4, 0.5) is 28.4 Å². The average Bonchev–Trinajstić information content (AvgIpc) is 3.34. The predicted octanol–water partition coefficient (Wildman–Crippen LogP) is 16.1. The average molecular weight is 769 g/mol. The van der Waals surface area contributed by atoms with E-state index in [1.165, 1.54) is 38.7 Å². The first-order valence-corrected chi connectivity index (χ1v) is 20.8. The summed E-state index contributed by atoms with van der Waals surface area (Å²) < 4.78 is 0. The van der Waals surface area contributed by atoms with Gasteiger partial charge in [-0.3, -0.25) is 0 Å². The molecule has 9 aromatic carbocycles. The van der Waals surface area contributed by atoms with Crippen molar-refractivity contribution < 1.29 is 0 Å². The Morgan fingerprint density at radius 2 is 0.833 bits per heavy atom. The SMILES string of the molecule is C1=CC(c2ccccc2)CC=C1N(c1ccccc1)c1ccccc1-c1ccc(-c2ccccc2N(c2ccc(-c3ccccc3)cc2)c2cccc3ccccc23)cc1. The highest BCUT2D eigenvalue weighted by Gasteiger charge is 2.22. The number of nitrogens with zero attached hydrogens (tertiary/aromatic N) is 2. The molecule has 1 unspecified atom stereocenters. The van der Waals surface area contributed by atoms with E-state index in [0.29, 0.717) is 5.92 Å². The Hall–Kier alpha value is -7.68. The third-order valence-electron chi connectivity index (χ3n) is 11.6. The first-order valence-electron chi connectivity index (χ1n) is 20.8. The van der Waals surface area contributed by atoms with E-state index in [9.17, 15) is 0 Å². The summed E-state index contributed by atoms with van der Waals surface area (Å²) in [5, 5.41) is 2.41. The van der Waals surface area contributed by atoms with Gasteiger partial charge in [0, 0.05) is 39.5 Å². The molecular weight excluding hydrogens is 725 g/mol. The lowest BCUT2D eigenvalue weighted by Gasteiger charge is -2.31. The number of rotatable bonds is 10. The van der Waals surface area contributed by atoms with Crippen LogP contribution in [0.15, 0.2) is 254 Å². The van der Waals surface area contributed by atoms with Gasteiger partial charge in [-0.15, -0.1) is 0 Å². The van der Waals surface area contributed by atoms with E-state index in [2.05, 4.69) is 259 Å². The largest absolute Gasteiger partial charge is 0.310 e. The second-order valence-corrected chi connectivity index (χ2v) is 15.3. The Morgan fingerprint density at radius 3 is 1.48 bits per heavy atom. The summed E-state index contributed by atoms with van der Waals surface area (Å²) in [5.41, 5.74) is 15.2. The highest BCUT2D eigenvalue weighted by atomic mass is 15.2. The van der Waals surface area contributed by atoms with E-state index in [-0.39, 0.29) is 0 Å². The predicted molar refractivity (Wildman–Crippen MR) is 255 cm³/mol. The molecular formula is C58H44N2. The molecule has 10 rings (SSSR count). The van der Waals surface area contributed by atoms with Gasteiger partial charge in [-0.05, 0) is 88.2 Å². The molecule has 1 aliphatic carbocycles. The number of fused-ring (bicyclic) bond motifs is 1. The Labute approximate surface area is 353 Å². The minimum Gasteiger partial charge on any atom is -0.310 e. The molecule has 0 saturated heterocycles. The number of hydrogen-bond donors (Lipinski definition) is 0. The fourth-order valence-electron chi connectivity index (χ4n) is 8.63. The van der Waals surface area contributed by atoms with Gasteiger partial charge >= 0.3 is 0 Å². The topological polar surface area (TPSA) is 6.48 Å². The highest BCUT2D eigenvalue weighted by molar-refractivity contribution is 6.01. The Bertz CT molecular complexity index is 2930. The number of anilines is 5. The van der Waals surface area contributed by atoms with Crippen LogP contribution in [0.25, 0.3) is 44.2 Å². The molecule has 2 nitrogen and oxygen atoms in total. The van der Waals surface area contributed by atoms with Crippen molar-refractivity contribution in [1.82, 2.24) is 0 Å². The summed E-state index contributed by atoms with van der Waals surface area (Å²) in [4.78, 5) is 4.82. The molecule has 0 aromatic heterocycles. The standard InChI is InChI=1S/C58H44N2/c1-4-17-43(18-5-1)45-35-39-51(40-36-45)59(50-23-8-3-9-24-50)56-28-14-12-26-54(56)48-31-33-49(34-32-48)55-27-13-15-29-57(55)60(58-30-16-22-47-21-10-11-25-53(47)58)52-41-37-46(38-42-52)44-19-6-2-7-20-44/h1-35,37-42,45H,36H2. The van der Waals surface area contributed by atoms with E-state index in [1.54, 1.807) is 0 Å². The summed E-state index contributed by atoms with van der Waals surface area (Å²) in [5.74, 6) is 0.364. The van der Waals surface area contributed by atoms with Crippen LogP contribution in [0.2, 0.25) is 0 Å². The molecule has 1 atom stereocenters. The summed E-state index contributed by atoms with van der Waals surface area (Å²) in [6.07, 6.45) is 7.98. The quantitative estimate of drug-likeness (QED) is 0.137. The van der Waals surface area contributed by atoms with Crippen molar-refractivity contribution >= 4 is 39.2 Å². The van der Waals surface area contributed by atoms with Crippen molar-refractivity contribution in [3.63, 3.8) is 0 Å². The maximum atomic E-state index is 2.42. The second-order valence-electron chi connectivity index (χ2n) is 15.3. The van der Waals surface area contributed by atoms with Gasteiger partial charge in [0.2, 0.25) is 0 Å². The number of allylic oxidation sites excluding steroid dienone is 3. The van der Waals surface area contributed by atoms with Gasteiger partial charge in [0.05, 0.1) is 17.1 Å². The first kappa shape index (κ1) is 36.6. The van der Waals surface area contributed by atoms with Crippen molar-refractivity contribution in [3.8, 4) is 33.4 Å². The Kier molecular flexibility index (Phi) is 10.2. The summed E-state index contributed by atoms with van der Waals surface area (Å²) in [6, 6.07) is 83.0. The van der Waals surface area contributed by atoms with Crippen molar-refractivity contribution in [2.24, 2.45) is 0 Å². The molecule has 0 bridgehead atoms. The van der Waals surface area contributed by atoms with Gasteiger partial charge in [-0.1, -0.05) is 200 Å². The zero-order chi connectivity index (χ0) is 40.1. The molecule has 0 aliphatic heterocycles. The van der Waals surface area contributed by atoms with Crippen molar-refractivity contribution in [2.75, 3.05) is 9.80 Å². The summed E-state index contributed by atoms with van der Waals surface area (Å²) in [7, 11) is 0. The fraction of sp³-hybridized carbons (Fsp3) is 0.0345. The molecule has 2 heteroatoms. The lowest BCUT2D eigenvalue weighted by Crippen LogP contribution is -2.18. The molecule has 0 spiro atoms. The molecule has 0 saturated carbocycles. The van der Waals surface area contributed by atoms with Gasteiger partial charge in [-0.25, -0.2) is 0 Å². The molecule has 286 valence electrons. The zero-order valence-corrected chi connectivity index (χ0v) is 33.4. The fourth-order valence-corrected chi connectivity index (χ4v) is 8.63. The molecule has 0 amide bonds. The normalized spacial score (nSPS) is 13.5. The lowest BCUT2D eigenvalue weighted by atomic mass is 9.91. The maximum Gasteiger partial charge on any atom is 0.0540 e. The molecule has 9 aromatic rings. The zero-order valence-electron chi connectivity index (χ0n) is 33.4.